The van der Waals surface area contributed by atoms with E-state index in [0.29, 0.717) is 17.3 Å². The highest BCUT2D eigenvalue weighted by molar-refractivity contribution is 6.31. The summed E-state index contributed by atoms with van der Waals surface area (Å²) in [4.78, 5) is 21.4. The van der Waals surface area contributed by atoms with Gasteiger partial charge in [-0.1, -0.05) is 23.7 Å². The van der Waals surface area contributed by atoms with E-state index in [1.165, 1.54) is 0 Å². The van der Waals surface area contributed by atoms with Gasteiger partial charge in [-0.3, -0.25) is 9.78 Å². The number of pyridine rings is 1. The van der Waals surface area contributed by atoms with Gasteiger partial charge in [0.25, 0.3) is 5.91 Å². The molecule has 6 heteroatoms. The fourth-order valence-electron chi connectivity index (χ4n) is 2.47. The molecule has 118 valence electrons. The van der Waals surface area contributed by atoms with Crippen molar-refractivity contribution < 1.29 is 9.90 Å². The van der Waals surface area contributed by atoms with Crippen LogP contribution in [0, 0.1) is 0 Å². The maximum Gasteiger partial charge on any atom is 0.270 e. The molecule has 5 nitrogen and oxygen atoms in total. The number of carbonyl (C=O) groups is 1. The number of aliphatic hydroxyl groups is 1. The Bertz CT molecular complexity index is 817. The van der Waals surface area contributed by atoms with Crippen molar-refractivity contribution in [2.24, 2.45) is 0 Å². The maximum atomic E-state index is 12.7. The molecule has 23 heavy (non-hydrogen) atoms. The Morgan fingerprint density at radius 2 is 2.17 bits per heavy atom. The van der Waals surface area contributed by atoms with Gasteiger partial charge in [-0.05, 0) is 29.8 Å². The average molecular weight is 330 g/mol. The summed E-state index contributed by atoms with van der Waals surface area (Å²) in [6, 6.07) is 10.9. The van der Waals surface area contributed by atoms with Gasteiger partial charge in [0, 0.05) is 41.4 Å². The predicted molar refractivity (Wildman–Crippen MR) is 89.4 cm³/mol. The zero-order chi connectivity index (χ0) is 16.2. The zero-order valence-electron chi connectivity index (χ0n) is 12.4. The number of carbonyl (C=O) groups excluding carboxylic acids is 1. The first kappa shape index (κ1) is 15.5. The summed E-state index contributed by atoms with van der Waals surface area (Å²) in [6.07, 6.45) is 3.39. The Morgan fingerprint density at radius 1 is 1.30 bits per heavy atom. The van der Waals surface area contributed by atoms with Crippen LogP contribution in [0.3, 0.4) is 0 Å². The van der Waals surface area contributed by atoms with Crippen molar-refractivity contribution in [3.63, 3.8) is 0 Å². The van der Waals surface area contributed by atoms with Gasteiger partial charge in [0.15, 0.2) is 0 Å². The van der Waals surface area contributed by atoms with Gasteiger partial charge < -0.3 is 15.0 Å². The molecule has 2 N–H and O–H groups in total. The van der Waals surface area contributed by atoms with Crippen molar-refractivity contribution in [2.45, 2.75) is 6.54 Å². The number of benzene rings is 1. The summed E-state index contributed by atoms with van der Waals surface area (Å²) in [5.74, 6) is -0.171. The Balaban J connectivity index is 1.87. The highest BCUT2D eigenvalue weighted by Gasteiger charge is 2.18. The fraction of sp³-hybridized carbons (Fsp3) is 0.176. The lowest BCUT2D eigenvalue weighted by Crippen LogP contribution is -2.33. The Kier molecular flexibility index (Phi) is 4.60. The van der Waals surface area contributed by atoms with Crippen molar-refractivity contribution in [3.8, 4) is 0 Å². The lowest BCUT2D eigenvalue weighted by molar-refractivity contribution is 0.0703. The van der Waals surface area contributed by atoms with Crippen LogP contribution in [0.5, 0.6) is 0 Å². The van der Waals surface area contributed by atoms with E-state index in [-0.39, 0.29) is 19.1 Å². The number of nitrogens with zero attached hydrogens (tertiary/aromatic N) is 2. The number of fused-ring (bicyclic) bond motifs is 1. The first-order valence-corrected chi connectivity index (χ1v) is 7.62. The topological polar surface area (TPSA) is 69.2 Å². The molecule has 0 aliphatic heterocycles. The molecule has 2 heterocycles. The molecule has 0 saturated heterocycles. The quantitative estimate of drug-likeness (QED) is 0.756. The molecule has 0 bridgehead atoms. The van der Waals surface area contributed by atoms with E-state index in [0.717, 1.165) is 16.5 Å². The minimum Gasteiger partial charge on any atom is -0.395 e. The van der Waals surface area contributed by atoms with Gasteiger partial charge >= 0.3 is 0 Å². The second-order valence-electron chi connectivity index (χ2n) is 5.23. The lowest BCUT2D eigenvalue weighted by Gasteiger charge is -2.21. The van der Waals surface area contributed by atoms with Crippen molar-refractivity contribution >= 4 is 28.4 Å². The molecule has 0 aliphatic rings. The van der Waals surface area contributed by atoms with Crippen LogP contribution in [0.2, 0.25) is 5.02 Å². The van der Waals surface area contributed by atoms with E-state index in [2.05, 4.69) is 9.97 Å². The SMILES string of the molecule is O=C(c1cc2ccc(Cl)cc2[nH]1)N(CCO)Cc1cccnc1. The summed E-state index contributed by atoms with van der Waals surface area (Å²) >= 11 is 5.97. The second kappa shape index (κ2) is 6.81. The number of hydrogen-bond acceptors (Lipinski definition) is 3. The van der Waals surface area contributed by atoms with Crippen molar-refractivity contribution in [1.29, 1.82) is 0 Å². The standard InChI is InChI=1S/C17H16ClN3O2/c18-14-4-3-13-8-16(20-15(13)9-14)17(23)21(6-7-22)11-12-2-1-5-19-10-12/h1-5,8-10,20,22H,6-7,11H2. The lowest BCUT2D eigenvalue weighted by atomic mass is 10.2. The predicted octanol–water partition coefficient (Wildman–Crippen LogP) is 2.85. The van der Waals surface area contributed by atoms with Gasteiger partial charge in [-0.25, -0.2) is 0 Å². The molecule has 2 aromatic heterocycles. The highest BCUT2D eigenvalue weighted by Crippen LogP contribution is 2.21. The summed E-state index contributed by atoms with van der Waals surface area (Å²) in [7, 11) is 0. The monoisotopic (exact) mass is 329 g/mol. The number of H-pyrrole nitrogens is 1. The number of halogens is 1. The van der Waals surface area contributed by atoms with E-state index in [9.17, 15) is 9.90 Å². The normalized spacial score (nSPS) is 10.9. The largest absolute Gasteiger partial charge is 0.395 e. The molecule has 1 aromatic carbocycles. The second-order valence-corrected chi connectivity index (χ2v) is 5.66. The van der Waals surface area contributed by atoms with Gasteiger partial charge in [-0.2, -0.15) is 0 Å². The number of amides is 1. The molecular formula is C17H16ClN3O2. The number of nitrogens with one attached hydrogen (secondary N) is 1. The van der Waals surface area contributed by atoms with Crippen molar-refractivity contribution in [2.75, 3.05) is 13.2 Å². The van der Waals surface area contributed by atoms with Crippen molar-refractivity contribution in [3.05, 3.63) is 65.1 Å². The summed E-state index contributed by atoms with van der Waals surface area (Å²) < 4.78 is 0. The van der Waals surface area contributed by atoms with Crippen LogP contribution >= 0.6 is 11.6 Å². The van der Waals surface area contributed by atoms with Crippen LogP contribution in [0.4, 0.5) is 0 Å². The fourth-order valence-corrected chi connectivity index (χ4v) is 2.64. The van der Waals surface area contributed by atoms with E-state index >= 15 is 0 Å². The Labute approximate surface area is 138 Å². The number of aliphatic hydroxyl groups excluding tert-OH is 1. The zero-order valence-corrected chi connectivity index (χ0v) is 13.1. The molecule has 0 radical (unpaired) electrons. The van der Waals surface area contributed by atoms with Gasteiger partial charge in [0.05, 0.1) is 6.61 Å². The first-order chi connectivity index (χ1) is 11.2. The number of rotatable bonds is 5. The van der Waals surface area contributed by atoms with E-state index in [4.69, 9.17) is 11.6 Å². The summed E-state index contributed by atoms with van der Waals surface area (Å²) in [5, 5.41) is 10.8. The molecule has 0 unspecified atom stereocenters. The molecule has 3 rings (SSSR count). The van der Waals surface area contributed by atoms with Gasteiger partial charge in [0.2, 0.25) is 0 Å². The van der Waals surface area contributed by atoms with Crippen LogP contribution in [-0.4, -0.2) is 39.0 Å². The molecule has 0 atom stereocenters. The Morgan fingerprint density at radius 3 is 2.91 bits per heavy atom. The van der Waals surface area contributed by atoms with E-state index in [1.54, 1.807) is 35.5 Å². The third kappa shape index (κ3) is 3.52. The van der Waals surface area contributed by atoms with Gasteiger partial charge in [-0.15, -0.1) is 0 Å². The minimum absolute atomic E-state index is 0.0991. The summed E-state index contributed by atoms with van der Waals surface area (Å²) in [5.41, 5.74) is 2.19. The van der Waals surface area contributed by atoms with Crippen molar-refractivity contribution in [1.82, 2.24) is 14.9 Å². The third-order valence-electron chi connectivity index (χ3n) is 3.57. The van der Waals surface area contributed by atoms with Crippen LogP contribution < -0.4 is 0 Å². The maximum absolute atomic E-state index is 12.7. The van der Waals surface area contributed by atoms with Crippen LogP contribution in [0.1, 0.15) is 16.1 Å². The van der Waals surface area contributed by atoms with E-state index < -0.39 is 0 Å². The van der Waals surface area contributed by atoms with Gasteiger partial charge in [0.1, 0.15) is 5.69 Å². The number of hydrogen-bond donors (Lipinski definition) is 2. The summed E-state index contributed by atoms with van der Waals surface area (Å²) in [6.45, 7) is 0.547. The molecule has 0 spiro atoms. The van der Waals surface area contributed by atoms with E-state index in [1.807, 2.05) is 18.2 Å². The average Bonchev–Trinajstić information content (AvgIpc) is 2.98. The highest BCUT2D eigenvalue weighted by atomic mass is 35.5. The molecule has 3 aromatic rings. The van der Waals surface area contributed by atoms with Crippen LogP contribution in [-0.2, 0) is 6.54 Å². The minimum atomic E-state index is -0.171. The van der Waals surface area contributed by atoms with Crippen LogP contribution in [0.25, 0.3) is 10.9 Å². The molecule has 0 saturated carbocycles. The number of aromatic amines is 1. The number of aromatic nitrogens is 2. The third-order valence-corrected chi connectivity index (χ3v) is 3.80. The molecule has 0 aliphatic carbocycles. The molecule has 0 fully saturated rings. The first-order valence-electron chi connectivity index (χ1n) is 7.24. The molecule has 1 amide bonds. The molecular weight excluding hydrogens is 314 g/mol. The van der Waals surface area contributed by atoms with Crippen LogP contribution in [0.15, 0.2) is 48.8 Å². The smallest absolute Gasteiger partial charge is 0.270 e. The Hall–Kier alpha value is -2.37.